The summed E-state index contributed by atoms with van der Waals surface area (Å²) in [7, 11) is 0. The summed E-state index contributed by atoms with van der Waals surface area (Å²) in [5.74, 6) is -0.183. The number of anilines is 1. The standard InChI is InChI=1S/C14H9BrClN3O/c15-12-7-17-13-6-5-11(8-19(12)13)18-14(20)9-1-3-10(16)4-2-9/h1-8H,(H,18,20). The van der Waals surface area contributed by atoms with Crippen LogP contribution in [0.15, 0.2) is 53.4 Å². The minimum absolute atomic E-state index is 0.183. The molecule has 0 bridgehead atoms. The fourth-order valence-electron chi connectivity index (χ4n) is 1.83. The number of rotatable bonds is 2. The summed E-state index contributed by atoms with van der Waals surface area (Å²) < 4.78 is 2.67. The Morgan fingerprint density at radius 2 is 1.95 bits per heavy atom. The van der Waals surface area contributed by atoms with Crippen LogP contribution in [0.5, 0.6) is 0 Å². The van der Waals surface area contributed by atoms with E-state index in [9.17, 15) is 4.79 Å². The second-order valence-electron chi connectivity index (χ2n) is 4.19. The van der Waals surface area contributed by atoms with Gasteiger partial charge in [-0.05, 0) is 52.3 Å². The fraction of sp³-hybridized carbons (Fsp3) is 0. The molecule has 6 heteroatoms. The topological polar surface area (TPSA) is 46.4 Å². The lowest BCUT2D eigenvalue weighted by atomic mass is 10.2. The van der Waals surface area contributed by atoms with Gasteiger partial charge in [-0.25, -0.2) is 4.98 Å². The average Bonchev–Trinajstić information content (AvgIpc) is 2.81. The Morgan fingerprint density at radius 3 is 2.70 bits per heavy atom. The van der Waals surface area contributed by atoms with E-state index in [2.05, 4.69) is 26.2 Å². The van der Waals surface area contributed by atoms with E-state index in [0.29, 0.717) is 16.3 Å². The van der Waals surface area contributed by atoms with Gasteiger partial charge < -0.3 is 5.32 Å². The summed E-state index contributed by atoms with van der Waals surface area (Å²) >= 11 is 9.19. The van der Waals surface area contributed by atoms with E-state index in [1.165, 1.54) is 0 Å². The van der Waals surface area contributed by atoms with Crippen LogP contribution in [0, 0.1) is 0 Å². The first-order chi connectivity index (χ1) is 9.63. The molecule has 3 rings (SSSR count). The van der Waals surface area contributed by atoms with Gasteiger partial charge in [-0.1, -0.05) is 11.6 Å². The van der Waals surface area contributed by atoms with Crippen LogP contribution in [0.3, 0.4) is 0 Å². The Labute approximate surface area is 128 Å². The highest BCUT2D eigenvalue weighted by Gasteiger charge is 2.07. The molecular formula is C14H9BrClN3O. The van der Waals surface area contributed by atoms with Gasteiger partial charge in [-0.15, -0.1) is 0 Å². The third-order valence-corrected chi connectivity index (χ3v) is 3.66. The van der Waals surface area contributed by atoms with Crippen LogP contribution in [0.2, 0.25) is 5.02 Å². The number of nitrogens with zero attached hydrogens (tertiary/aromatic N) is 2. The number of carbonyl (C=O) groups excluding carboxylic acids is 1. The van der Waals surface area contributed by atoms with Crippen LogP contribution in [0.1, 0.15) is 10.4 Å². The molecule has 0 unspecified atom stereocenters. The van der Waals surface area contributed by atoms with Crippen molar-refractivity contribution in [3.63, 3.8) is 0 Å². The van der Waals surface area contributed by atoms with Crippen LogP contribution < -0.4 is 5.32 Å². The van der Waals surface area contributed by atoms with Crippen LogP contribution in [-0.4, -0.2) is 15.3 Å². The minimum atomic E-state index is -0.183. The first kappa shape index (κ1) is 13.1. The predicted octanol–water partition coefficient (Wildman–Crippen LogP) is 4.00. The SMILES string of the molecule is O=C(Nc1ccc2ncc(Br)n2c1)c1ccc(Cl)cc1. The molecule has 0 saturated heterocycles. The van der Waals surface area contributed by atoms with Crippen LogP contribution in [0.4, 0.5) is 5.69 Å². The minimum Gasteiger partial charge on any atom is -0.321 e. The second-order valence-corrected chi connectivity index (χ2v) is 5.44. The van der Waals surface area contributed by atoms with E-state index in [1.54, 1.807) is 36.7 Å². The maximum atomic E-state index is 12.1. The molecule has 3 aromatic rings. The number of imidazole rings is 1. The Hall–Kier alpha value is -1.85. The number of fused-ring (bicyclic) bond motifs is 1. The lowest BCUT2D eigenvalue weighted by molar-refractivity contribution is 0.102. The van der Waals surface area contributed by atoms with Crippen molar-refractivity contribution in [1.82, 2.24) is 9.38 Å². The lowest BCUT2D eigenvalue weighted by Crippen LogP contribution is -2.12. The highest BCUT2D eigenvalue weighted by Crippen LogP contribution is 2.17. The third-order valence-electron chi connectivity index (χ3n) is 2.82. The molecule has 100 valence electrons. The van der Waals surface area contributed by atoms with Crippen molar-refractivity contribution >= 4 is 44.8 Å². The monoisotopic (exact) mass is 349 g/mol. The van der Waals surface area contributed by atoms with Gasteiger partial charge in [0.25, 0.3) is 5.91 Å². The van der Waals surface area contributed by atoms with Gasteiger partial charge in [0.05, 0.1) is 11.9 Å². The van der Waals surface area contributed by atoms with E-state index < -0.39 is 0 Å². The molecule has 1 aromatic carbocycles. The number of hydrogen-bond acceptors (Lipinski definition) is 2. The summed E-state index contributed by atoms with van der Waals surface area (Å²) in [6.45, 7) is 0. The van der Waals surface area contributed by atoms with Crippen LogP contribution >= 0.6 is 27.5 Å². The Kier molecular flexibility index (Phi) is 3.46. The zero-order chi connectivity index (χ0) is 14.1. The molecule has 2 aromatic heterocycles. The molecule has 0 aliphatic heterocycles. The third kappa shape index (κ3) is 2.55. The summed E-state index contributed by atoms with van der Waals surface area (Å²) in [4.78, 5) is 16.3. The van der Waals surface area contributed by atoms with Gasteiger partial charge in [-0.2, -0.15) is 0 Å². The van der Waals surface area contributed by atoms with E-state index in [0.717, 1.165) is 10.3 Å². The lowest BCUT2D eigenvalue weighted by Gasteiger charge is -2.06. The fourth-order valence-corrected chi connectivity index (χ4v) is 2.34. The van der Waals surface area contributed by atoms with Gasteiger partial charge in [0.2, 0.25) is 0 Å². The van der Waals surface area contributed by atoms with Gasteiger partial charge in [-0.3, -0.25) is 9.20 Å². The molecule has 0 spiro atoms. The number of hydrogen-bond donors (Lipinski definition) is 1. The molecular weight excluding hydrogens is 342 g/mol. The van der Waals surface area contributed by atoms with Gasteiger partial charge in [0, 0.05) is 16.8 Å². The van der Waals surface area contributed by atoms with Crippen molar-refractivity contribution in [2.75, 3.05) is 5.32 Å². The number of amides is 1. The number of carbonyl (C=O) groups is 1. The molecule has 1 amide bonds. The molecule has 20 heavy (non-hydrogen) atoms. The first-order valence-electron chi connectivity index (χ1n) is 5.83. The number of benzene rings is 1. The van der Waals surface area contributed by atoms with E-state index in [-0.39, 0.29) is 5.91 Å². The van der Waals surface area contributed by atoms with E-state index >= 15 is 0 Å². The molecule has 2 heterocycles. The summed E-state index contributed by atoms with van der Waals surface area (Å²) in [6.07, 6.45) is 3.51. The quantitative estimate of drug-likeness (QED) is 0.759. The van der Waals surface area contributed by atoms with Crippen molar-refractivity contribution in [3.8, 4) is 0 Å². The number of pyridine rings is 1. The highest BCUT2D eigenvalue weighted by atomic mass is 79.9. The summed E-state index contributed by atoms with van der Waals surface area (Å²) in [6, 6.07) is 10.4. The largest absolute Gasteiger partial charge is 0.321 e. The number of halogens is 2. The first-order valence-corrected chi connectivity index (χ1v) is 7.00. The molecule has 0 fully saturated rings. The van der Waals surface area contributed by atoms with Crippen molar-refractivity contribution < 1.29 is 4.79 Å². The number of nitrogens with one attached hydrogen (secondary N) is 1. The van der Waals surface area contributed by atoms with Crippen molar-refractivity contribution in [2.24, 2.45) is 0 Å². The van der Waals surface area contributed by atoms with Crippen LogP contribution in [0.25, 0.3) is 5.65 Å². The van der Waals surface area contributed by atoms with Crippen LogP contribution in [-0.2, 0) is 0 Å². The van der Waals surface area contributed by atoms with E-state index in [4.69, 9.17) is 11.6 Å². The average molecular weight is 351 g/mol. The molecule has 1 N–H and O–H groups in total. The maximum Gasteiger partial charge on any atom is 0.255 e. The normalized spacial score (nSPS) is 10.7. The molecule has 0 aliphatic carbocycles. The molecule has 0 aliphatic rings. The van der Waals surface area contributed by atoms with Crippen molar-refractivity contribution in [2.45, 2.75) is 0 Å². The predicted molar refractivity (Wildman–Crippen MR) is 82.3 cm³/mol. The molecule has 4 nitrogen and oxygen atoms in total. The molecule has 0 radical (unpaired) electrons. The van der Waals surface area contributed by atoms with Crippen molar-refractivity contribution in [1.29, 1.82) is 0 Å². The molecule has 0 atom stereocenters. The van der Waals surface area contributed by atoms with E-state index in [1.807, 2.05) is 16.5 Å². The zero-order valence-electron chi connectivity index (χ0n) is 10.2. The Morgan fingerprint density at radius 1 is 1.20 bits per heavy atom. The molecule has 0 saturated carbocycles. The van der Waals surface area contributed by atoms with Gasteiger partial charge >= 0.3 is 0 Å². The number of aromatic nitrogens is 2. The second kappa shape index (κ2) is 5.26. The highest BCUT2D eigenvalue weighted by molar-refractivity contribution is 9.10. The summed E-state index contributed by atoms with van der Waals surface area (Å²) in [5, 5.41) is 3.44. The zero-order valence-corrected chi connectivity index (χ0v) is 12.5. The van der Waals surface area contributed by atoms with Crippen molar-refractivity contribution in [3.05, 3.63) is 64.0 Å². The maximum absolute atomic E-state index is 12.1. The summed E-state index contributed by atoms with van der Waals surface area (Å²) in [5.41, 5.74) is 2.05. The van der Waals surface area contributed by atoms with Gasteiger partial charge in [0.15, 0.2) is 0 Å². The smallest absolute Gasteiger partial charge is 0.255 e. The Balaban J connectivity index is 1.86. The van der Waals surface area contributed by atoms with Gasteiger partial charge in [0.1, 0.15) is 10.3 Å². The Bertz CT molecular complexity index is 783.